The van der Waals surface area contributed by atoms with Gasteiger partial charge >= 0.3 is 0 Å². The average molecular weight is 265 g/mol. The summed E-state index contributed by atoms with van der Waals surface area (Å²) >= 11 is 0. The summed E-state index contributed by atoms with van der Waals surface area (Å²) in [6, 6.07) is 3.23. The van der Waals surface area contributed by atoms with Gasteiger partial charge in [0.25, 0.3) is 0 Å². The highest BCUT2D eigenvalue weighted by Gasteiger charge is 2.32. The molecule has 1 aromatic rings. The van der Waals surface area contributed by atoms with Crippen LogP contribution in [0.3, 0.4) is 0 Å². The largest absolute Gasteiger partial charge is 0.493 e. The minimum atomic E-state index is -0.515. The van der Waals surface area contributed by atoms with E-state index >= 15 is 0 Å². The van der Waals surface area contributed by atoms with E-state index in [2.05, 4.69) is 0 Å². The standard InChI is InChI=1S/C14H19NO4/c1-17-10-5-9(6-11-14(10)19-7-18-11)12(15)13(16)8-3-2-4-8/h5-6,8,12-13,16H,2-4,7,15H2,1H3/t12-,13+/m1/s1. The van der Waals surface area contributed by atoms with Crippen molar-refractivity contribution in [2.75, 3.05) is 13.9 Å². The second kappa shape index (κ2) is 4.90. The van der Waals surface area contributed by atoms with Crippen LogP contribution < -0.4 is 19.9 Å². The number of aliphatic hydroxyl groups is 1. The summed E-state index contributed by atoms with van der Waals surface area (Å²) in [6.45, 7) is 0.190. The fraction of sp³-hybridized carbons (Fsp3) is 0.571. The monoisotopic (exact) mass is 265 g/mol. The first-order valence-corrected chi connectivity index (χ1v) is 6.62. The Labute approximate surface area is 112 Å². The van der Waals surface area contributed by atoms with E-state index < -0.39 is 12.1 Å². The number of hydrogen-bond acceptors (Lipinski definition) is 5. The number of benzene rings is 1. The average Bonchev–Trinajstić information content (AvgIpc) is 2.82. The Hall–Kier alpha value is -1.46. The highest BCUT2D eigenvalue weighted by atomic mass is 16.7. The van der Waals surface area contributed by atoms with Crippen LogP contribution in [0.2, 0.25) is 0 Å². The van der Waals surface area contributed by atoms with Crippen LogP contribution in [0.4, 0.5) is 0 Å². The molecule has 0 saturated heterocycles. The lowest BCUT2D eigenvalue weighted by Gasteiger charge is -2.33. The summed E-state index contributed by atoms with van der Waals surface area (Å²) in [5.74, 6) is 2.15. The van der Waals surface area contributed by atoms with Gasteiger partial charge in [-0.1, -0.05) is 6.42 Å². The molecular weight excluding hydrogens is 246 g/mol. The van der Waals surface area contributed by atoms with E-state index in [4.69, 9.17) is 19.9 Å². The molecule has 1 aliphatic carbocycles. The van der Waals surface area contributed by atoms with Gasteiger partial charge in [-0.25, -0.2) is 0 Å². The van der Waals surface area contributed by atoms with Crippen LogP contribution >= 0.6 is 0 Å². The number of hydrogen-bond donors (Lipinski definition) is 2. The molecule has 3 rings (SSSR count). The molecule has 0 bridgehead atoms. The fourth-order valence-corrected chi connectivity index (χ4v) is 2.61. The summed E-state index contributed by atoms with van der Waals surface area (Å²) < 4.78 is 16.0. The number of aliphatic hydroxyl groups excluding tert-OH is 1. The lowest BCUT2D eigenvalue weighted by molar-refractivity contribution is 0.0413. The second-order valence-electron chi connectivity index (χ2n) is 5.16. The van der Waals surface area contributed by atoms with Crippen molar-refractivity contribution in [2.24, 2.45) is 11.7 Å². The fourth-order valence-electron chi connectivity index (χ4n) is 2.61. The Morgan fingerprint density at radius 1 is 1.37 bits per heavy atom. The van der Waals surface area contributed by atoms with Gasteiger partial charge in [-0.2, -0.15) is 0 Å². The summed E-state index contributed by atoms with van der Waals surface area (Å²) in [6.07, 6.45) is 2.77. The highest BCUT2D eigenvalue weighted by Crippen LogP contribution is 2.44. The molecule has 1 saturated carbocycles. The maximum Gasteiger partial charge on any atom is 0.231 e. The quantitative estimate of drug-likeness (QED) is 0.864. The Morgan fingerprint density at radius 2 is 2.16 bits per heavy atom. The van der Waals surface area contributed by atoms with Crippen molar-refractivity contribution in [2.45, 2.75) is 31.4 Å². The predicted molar refractivity (Wildman–Crippen MR) is 69.4 cm³/mol. The zero-order chi connectivity index (χ0) is 13.4. The molecule has 2 aliphatic rings. The van der Waals surface area contributed by atoms with Crippen LogP contribution in [0, 0.1) is 5.92 Å². The molecule has 1 aromatic carbocycles. The third-order valence-electron chi connectivity index (χ3n) is 4.07. The molecule has 1 heterocycles. The van der Waals surface area contributed by atoms with Crippen molar-refractivity contribution in [1.82, 2.24) is 0 Å². The molecule has 1 fully saturated rings. The highest BCUT2D eigenvalue weighted by molar-refractivity contribution is 5.55. The van der Waals surface area contributed by atoms with E-state index in [0.29, 0.717) is 23.2 Å². The Balaban J connectivity index is 1.87. The van der Waals surface area contributed by atoms with Crippen molar-refractivity contribution >= 4 is 0 Å². The third-order valence-corrected chi connectivity index (χ3v) is 4.07. The molecule has 3 N–H and O–H groups in total. The first-order chi connectivity index (χ1) is 9.20. The molecule has 19 heavy (non-hydrogen) atoms. The van der Waals surface area contributed by atoms with Gasteiger partial charge in [0.2, 0.25) is 12.5 Å². The van der Waals surface area contributed by atoms with Gasteiger partial charge in [0.1, 0.15) is 0 Å². The number of rotatable bonds is 4. The van der Waals surface area contributed by atoms with E-state index in [0.717, 1.165) is 18.4 Å². The van der Waals surface area contributed by atoms with Crippen LogP contribution in [0.15, 0.2) is 12.1 Å². The topological polar surface area (TPSA) is 73.9 Å². The van der Waals surface area contributed by atoms with Crippen LogP contribution in [0.1, 0.15) is 30.9 Å². The molecule has 104 valence electrons. The van der Waals surface area contributed by atoms with E-state index in [1.54, 1.807) is 7.11 Å². The zero-order valence-electron chi connectivity index (χ0n) is 11.0. The first kappa shape index (κ1) is 12.6. The van der Waals surface area contributed by atoms with Crippen LogP contribution in [-0.2, 0) is 0 Å². The number of methoxy groups -OCH3 is 1. The van der Waals surface area contributed by atoms with Crippen molar-refractivity contribution in [3.05, 3.63) is 17.7 Å². The normalized spacial score (nSPS) is 20.8. The molecule has 5 nitrogen and oxygen atoms in total. The summed E-state index contributed by atoms with van der Waals surface area (Å²) in [7, 11) is 1.58. The Bertz CT molecular complexity index is 473. The second-order valence-corrected chi connectivity index (χ2v) is 5.16. The molecule has 2 atom stereocenters. The van der Waals surface area contributed by atoms with E-state index in [1.165, 1.54) is 6.42 Å². The maximum atomic E-state index is 10.3. The number of fused-ring (bicyclic) bond motifs is 1. The molecule has 0 amide bonds. The van der Waals surface area contributed by atoms with Gasteiger partial charge in [-0.05, 0) is 36.5 Å². The van der Waals surface area contributed by atoms with E-state index in [1.807, 2.05) is 12.1 Å². The lowest BCUT2D eigenvalue weighted by Crippen LogP contribution is -2.36. The molecule has 0 aromatic heterocycles. The number of nitrogens with two attached hydrogens (primary N) is 1. The van der Waals surface area contributed by atoms with Gasteiger partial charge in [-0.15, -0.1) is 0 Å². The van der Waals surface area contributed by atoms with Crippen molar-refractivity contribution < 1.29 is 19.3 Å². The molecule has 5 heteroatoms. The van der Waals surface area contributed by atoms with Crippen molar-refractivity contribution in [3.63, 3.8) is 0 Å². The Kier molecular flexibility index (Phi) is 3.24. The minimum absolute atomic E-state index is 0.190. The summed E-state index contributed by atoms with van der Waals surface area (Å²) in [4.78, 5) is 0. The molecule has 1 aliphatic heterocycles. The summed E-state index contributed by atoms with van der Waals surface area (Å²) in [5, 5.41) is 10.3. The van der Waals surface area contributed by atoms with Crippen molar-refractivity contribution in [3.8, 4) is 17.2 Å². The van der Waals surface area contributed by atoms with Gasteiger partial charge in [0.15, 0.2) is 11.5 Å². The molecule has 0 unspecified atom stereocenters. The minimum Gasteiger partial charge on any atom is -0.493 e. The number of ether oxygens (including phenoxy) is 3. The maximum absolute atomic E-state index is 10.3. The van der Waals surface area contributed by atoms with E-state index in [9.17, 15) is 5.11 Å². The predicted octanol–water partition coefficient (Wildman–Crippen LogP) is 1.58. The molecular formula is C14H19NO4. The molecule has 0 radical (unpaired) electrons. The lowest BCUT2D eigenvalue weighted by atomic mass is 9.77. The van der Waals surface area contributed by atoms with Crippen LogP contribution in [-0.4, -0.2) is 25.1 Å². The van der Waals surface area contributed by atoms with Crippen LogP contribution in [0.25, 0.3) is 0 Å². The Morgan fingerprint density at radius 3 is 2.79 bits per heavy atom. The van der Waals surface area contributed by atoms with Gasteiger partial charge in [0.05, 0.1) is 19.3 Å². The van der Waals surface area contributed by atoms with Crippen molar-refractivity contribution in [1.29, 1.82) is 0 Å². The smallest absolute Gasteiger partial charge is 0.231 e. The summed E-state index contributed by atoms with van der Waals surface area (Å²) in [5.41, 5.74) is 6.98. The van der Waals surface area contributed by atoms with Crippen LogP contribution in [0.5, 0.6) is 17.2 Å². The van der Waals surface area contributed by atoms with Gasteiger partial charge in [-0.3, -0.25) is 0 Å². The van der Waals surface area contributed by atoms with Gasteiger partial charge < -0.3 is 25.1 Å². The van der Waals surface area contributed by atoms with E-state index in [-0.39, 0.29) is 6.79 Å². The SMILES string of the molecule is COc1cc([C@@H](N)[C@@H](O)C2CCC2)cc2c1OCO2. The third kappa shape index (κ3) is 2.13. The van der Waals surface area contributed by atoms with Gasteiger partial charge in [0, 0.05) is 0 Å². The zero-order valence-corrected chi connectivity index (χ0v) is 11.0. The first-order valence-electron chi connectivity index (χ1n) is 6.62. The molecule has 0 spiro atoms.